The molecule has 19 heavy (non-hydrogen) atoms. The zero-order valence-corrected chi connectivity index (χ0v) is 11.6. The van der Waals surface area contributed by atoms with E-state index in [1.807, 2.05) is 44.4 Å². The Kier molecular flexibility index (Phi) is 2.56. The molecular formula is C14H17BFNO2. The Labute approximate surface area is 112 Å². The van der Waals surface area contributed by atoms with Gasteiger partial charge in [-0.25, -0.2) is 4.39 Å². The molecule has 1 aromatic heterocycles. The molecule has 1 aliphatic heterocycles. The van der Waals surface area contributed by atoms with Crippen LogP contribution in [0.5, 0.6) is 0 Å². The number of hydrogen-bond acceptors (Lipinski definition) is 2. The molecule has 0 spiro atoms. The summed E-state index contributed by atoms with van der Waals surface area (Å²) in [4.78, 5) is 0. The van der Waals surface area contributed by atoms with Crippen LogP contribution in [-0.4, -0.2) is 22.9 Å². The smallest absolute Gasteiger partial charge is 0.384 e. The van der Waals surface area contributed by atoms with Gasteiger partial charge in [-0.2, -0.15) is 0 Å². The molecule has 0 aliphatic carbocycles. The highest BCUT2D eigenvalue weighted by Crippen LogP contribution is 2.37. The molecule has 0 atom stereocenters. The summed E-state index contributed by atoms with van der Waals surface area (Å²) in [5.74, 6) is -0.237. The van der Waals surface area contributed by atoms with Gasteiger partial charge in [0.05, 0.1) is 11.2 Å². The largest absolute Gasteiger partial charge is 0.598 e. The Hall–Kier alpha value is -1.33. The van der Waals surface area contributed by atoms with Crippen molar-refractivity contribution in [3.8, 4) is 0 Å². The number of nitrogens with zero attached hydrogens (tertiary/aromatic N) is 1. The molecule has 2 heterocycles. The lowest BCUT2D eigenvalue weighted by molar-refractivity contribution is 0.00578. The third-order valence-electron chi connectivity index (χ3n) is 4.15. The minimum atomic E-state index is -0.479. The van der Waals surface area contributed by atoms with Crippen LogP contribution < -0.4 is 0 Å². The molecule has 0 amide bonds. The Balaban J connectivity index is 2.03. The summed E-state index contributed by atoms with van der Waals surface area (Å²) in [5, 5.41) is 0.842. The average Bonchev–Trinajstić information content (AvgIpc) is 2.77. The van der Waals surface area contributed by atoms with Crippen LogP contribution in [0.3, 0.4) is 0 Å². The molecule has 1 fully saturated rings. The SMILES string of the molecule is CC1(C)OB(n2ccc3cc(F)ccc32)OC1(C)C. The van der Waals surface area contributed by atoms with Gasteiger partial charge in [0.2, 0.25) is 0 Å². The lowest BCUT2D eigenvalue weighted by Crippen LogP contribution is -2.41. The highest BCUT2D eigenvalue weighted by molar-refractivity contribution is 6.45. The highest BCUT2D eigenvalue weighted by Gasteiger charge is 2.52. The van der Waals surface area contributed by atoms with Crippen LogP contribution >= 0.6 is 0 Å². The third kappa shape index (κ3) is 1.88. The number of rotatable bonds is 1. The average molecular weight is 261 g/mol. The van der Waals surface area contributed by atoms with Gasteiger partial charge in [0.25, 0.3) is 0 Å². The van der Waals surface area contributed by atoms with Gasteiger partial charge in [-0.3, -0.25) is 0 Å². The van der Waals surface area contributed by atoms with Gasteiger partial charge in [0, 0.05) is 10.9 Å². The van der Waals surface area contributed by atoms with Gasteiger partial charge in [-0.1, -0.05) is 0 Å². The summed E-state index contributed by atoms with van der Waals surface area (Å²) in [7, 11) is -0.479. The first-order valence-electron chi connectivity index (χ1n) is 6.42. The van der Waals surface area contributed by atoms with Gasteiger partial charge in [-0.05, 0) is 58.2 Å². The number of halogens is 1. The van der Waals surface area contributed by atoms with Crippen molar-refractivity contribution in [2.24, 2.45) is 0 Å². The fourth-order valence-electron chi connectivity index (χ4n) is 2.24. The molecule has 0 N–H and O–H groups in total. The second-order valence-electron chi connectivity index (χ2n) is 5.99. The Morgan fingerprint density at radius 1 is 1.05 bits per heavy atom. The van der Waals surface area contributed by atoms with E-state index in [9.17, 15) is 4.39 Å². The van der Waals surface area contributed by atoms with E-state index >= 15 is 0 Å². The monoisotopic (exact) mass is 261 g/mol. The lowest BCUT2D eigenvalue weighted by atomic mass is 9.90. The van der Waals surface area contributed by atoms with E-state index in [-0.39, 0.29) is 17.0 Å². The molecule has 3 nitrogen and oxygen atoms in total. The molecule has 1 aromatic carbocycles. The zero-order valence-electron chi connectivity index (χ0n) is 11.6. The van der Waals surface area contributed by atoms with Crippen LogP contribution in [0.1, 0.15) is 27.7 Å². The molecule has 0 saturated carbocycles. The Bertz CT molecular complexity index is 619. The van der Waals surface area contributed by atoms with Crippen LogP contribution in [0.15, 0.2) is 30.5 Å². The molecule has 1 aliphatic rings. The van der Waals surface area contributed by atoms with Gasteiger partial charge >= 0.3 is 7.25 Å². The van der Waals surface area contributed by atoms with Crippen LogP contribution in [-0.2, 0) is 9.31 Å². The van der Waals surface area contributed by atoms with Crippen molar-refractivity contribution >= 4 is 18.2 Å². The quantitative estimate of drug-likeness (QED) is 0.736. The molecule has 1 saturated heterocycles. The number of hydrogen-bond donors (Lipinski definition) is 0. The molecule has 100 valence electrons. The van der Waals surface area contributed by atoms with E-state index in [1.54, 1.807) is 6.07 Å². The van der Waals surface area contributed by atoms with Crippen LogP contribution in [0.4, 0.5) is 4.39 Å². The molecular weight excluding hydrogens is 244 g/mol. The Morgan fingerprint density at radius 3 is 2.32 bits per heavy atom. The number of benzene rings is 1. The summed E-state index contributed by atoms with van der Waals surface area (Å²) in [6.07, 6.45) is 1.87. The van der Waals surface area contributed by atoms with Gasteiger partial charge in [-0.15, -0.1) is 0 Å². The van der Waals surface area contributed by atoms with Gasteiger partial charge < -0.3 is 13.8 Å². The lowest BCUT2D eigenvalue weighted by Gasteiger charge is -2.32. The van der Waals surface area contributed by atoms with Crippen molar-refractivity contribution in [1.29, 1.82) is 0 Å². The van der Waals surface area contributed by atoms with E-state index in [0.717, 1.165) is 10.9 Å². The first kappa shape index (κ1) is 12.7. The topological polar surface area (TPSA) is 23.4 Å². The van der Waals surface area contributed by atoms with E-state index in [4.69, 9.17) is 9.31 Å². The summed E-state index contributed by atoms with van der Waals surface area (Å²) in [5.41, 5.74) is 0.141. The second-order valence-corrected chi connectivity index (χ2v) is 5.99. The minimum Gasteiger partial charge on any atom is -0.384 e. The number of aromatic nitrogens is 1. The normalized spacial score (nSPS) is 21.2. The summed E-state index contributed by atoms with van der Waals surface area (Å²) in [6, 6.07) is 6.57. The Morgan fingerprint density at radius 2 is 1.68 bits per heavy atom. The predicted molar refractivity (Wildman–Crippen MR) is 73.4 cm³/mol. The van der Waals surface area contributed by atoms with Crippen molar-refractivity contribution in [2.45, 2.75) is 38.9 Å². The summed E-state index contributed by atoms with van der Waals surface area (Å²) >= 11 is 0. The van der Waals surface area contributed by atoms with Crippen molar-refractivity contribution in [1.82, 2.24) is 4.48 Å². The second kappa shape index (κ2) is 3.84. The first-order chi connectivity index (χ1) is 8.80. The van der Waals surface area contributed by atoms with Crippen molar-refractivity contribution in [3.63, 3.8) is 0 Å². The van der Waals surface area contributed by atoms with Crippen LogP contribution in [0.2, 0.25) is 0 Å². The molecule has 2 aromatic rings. The third-order valence-corrected chi connectivity index (χ3v) is 4.15. The van der Waals surface area contributed by atoms with E-state index in [1.165, 1.54) is 12.1 Å². The standard InChI is InChI=1S/C14H17BFNO2/c1-13(2)14(3,4)19-15(18-13)17-8-7-10-9-11(16)5-6-12(10)17/h5-9H,1-4H3. The van der Waals surface area contributed by atoms with Crippen molar-refractivity contribution in [2.75, 3.05) is 0 Å². The first-order valence-corrected chi connectivity index (χ1v) is 6.42. The molecule has 0 bridgehead atoms. The minimum absolute atomic E-state index is 0.237. The zero-order chi connectivity index (χ0) is 13.8. The van der Waals surface area contributed by atoms with E-state index < -0.39 is 7.25 Å². The molecule has 0 radical (unpaired) electrons. The van der Waals surface area contributed by atoms with Gasteiger partial charge in [0.1, 0.15) is 5.82 Å². The highest BCUT2D eigenvalue weighted by atomic mass is 19.1. The molecule has 5 heteroatoms. The van der Waals surface area contributed by atoms with Gasteiger partial charge in [0.15, 0.2) is 0 Å². The van der Waals surface area contributed by atoms with Crippen molar-refractivity contribution < 1.29 is 13.7 Å². The predicted octanol–water partition coefficient (Wildman–Crippen LogP) is 3.22. The maximum absolute atomic E-state index is 13.2. The summed E-state index contributed by atoms with van der Waals surface area (Å²) in [6.45, 7) is 8.05. The van der Waals surface area contributed by atoms with Crippen LogP contribution in [0.25, 0.3) is 10.9 Å². The number of fused-ring (bicyclic) bond motifs is 1. The summed E-state index contributed by atoms with van der Waals surface area (Å²) < 4.78 is 27.1. The molecule has 0 unspecified atom stereocenters. The maximum Gasteiger partial charge on any atom is 0.598 e. The fraction of sp³-hybridized carbons (Fsp3) is 0.429. The van der Waals surface area contributed by atoms with Crippen molar-refractivity contribution in [3.05, 3.63) is 36.3 Å². The van der Waals surface area contributed by atoms with E-state index in [2.05, 4.69) is 0 Å². The maximum atomic E-state index is 13.2. The fourth-order valence-corrected chi connectivity index (χ4v) is 2.24. The molecule has 3 rings (SSSR count). The van der Waals surface area contributed by atoms with Crippen LogP contribution in [0, 0.1) is 5.82 Å². The van der Waals surface area contributed by atoms with E-state index in [0.29, 0.717) is 0 Å².